The van der Waals surface area contributed by atoms with Crippen LogP contribution in [0.4, 0.5) is 5.69 Å². The molecule has 74 valence electrons. The molecule has 0 bridgehead atoms. The number of benzene rings is 1. The Morgan fingerprint density at radius 1 is 1.43 bits per heavy atom. The molecule has 0 saturated carbocycles. The smallest absolute Gasteiger partial charge is 0.0414 e. The van der Waals surface area contributed by atoms with E-state index in [4.69, 9.17) is 5.73 Å². The second-order valence-corrected chi connectivity index (χ2v) is 5.19. The fourth-order valence-corrected chi connectivity index (χ4v) is 3.02. The summed E-state index contributed by atoms with van der Waals surface area (Å²) in [6.45, 7) is 1.02. The van der Waals surface area contributed by atoms with E-state index in [1.54, 1.807) is 0 Å². The van der Waals surface area contributed by atoms with Gasteiger partial charge in [0, 0.05) is 28.8 Å². The van der Waals surface area contributed by atoms with Gasteiger partial charge in [0.2, 0.25) is 0 Å². The molecule has 2 aliphatic rings. The van der Waals surface area contributed by atoms with E-state index in [2.05, 4.69) is 39.0 Å². The van der Waals surface area contributed by atoms with Crippen LogP contribution in [0.25, 0.3) is 0 Å². The highest BCUT2D eigenvalue weighted by Gasteiger charge is 2.36. The minimum Gasteiger partial charge on any atom is -0.366 e. The lowest BCUT2D eigenvalue weighted by molar-refractivity contribution is 0.662. The average molecular weight is 253 g/mol. The van der Waals surface area contributed by atoms with Crippen molar-refractivity contribution < 1.29 is 0 Å². The van der Waals surface area contributed by atoms with E-state index >= 15 is 0 Å². The Hall–Kier alpha value is -0.540. The monoisotopic (exact) mass is 252 g/mol. The van der Waals surface area contributed by atoms with Gasteiger partial charge in [0.1, 0.15) is 0 Å². The van der Waals surface area contributed by atoms with Gasteiger partial charge in [-0.05, 0) is 30.5 Å². The first-order chi connectivity index (χ1) is 6.74. The van der Waals surface area contributed by atoms with Crippen molar-refractivity contribution in [2.45, 2.75) is 24.9 Å². The van der Waals surface area contributed by atoms with E-state index in [9.17, 15) is 0 Å². The van der Waals surface area contributed by atoms with Crippen LogP contribution in [0, 0.1) is 0 Å². The molecule has 1 aromatic rings. The summed E-state index contributed by atoms with van der Waals surface area (Å²) in [6.07, 6.45) is 2.32. The molecule has 0 aromatic heterocycles. The lowest BCUT2D eigenvalue weighted by atomic mass is 10.1. The van der Waals surface area contributed by atoms with Crippen molar-refractivity contribution in [1.82, 2.24) is 0 Å². The maximum Gasteiger partial charge on any atom is 0.0414 e. The zero-order chi connectivity index (χ0) is 9.71. The topological polar surface area (TPSA) is 29.3 Å². The Bertz CT molecular complexity index is 378. The molecule has 2 atom stereocenters. The zero-order valence-electron chi connectivity index (χ0n) is 7.91. The second kappa shape index (κ2) is 2.97. The molecule has 0 aliphatic carbocycles. The number of hydrogen-bond donors (Lipinski definition) is 1. The number of fused-ring (bicyclic) bond motifs is 3. The third-order valence-electron chi connectivity index (χ3n) is 3.26. The molecule has 1 fully saturated rings. The number of anilines is 1. The van der Waals surface area contributed by atoms with E-state index < -0.39 is 0 Å². The molecule has 2 nitrogen and oxygen atoms in total. The molecule has 0 spiro atoms. The van der Waals surface area contributed by atoms with Gasteiger partial charge in [-0.15, -0.1) is 0 Å². The quantitative estimate of drug-likeness (QED) is 0.765. The van der Waals surface area contributed by atoms with Crippen molar-refractivity contribution in [2.75, 3.05) is 11.4 Å². The predicted molar refractivity (Wildman–Crippen MR) is 61.6 cm³/mol. The highest BCUT2D eigenvalue weighted by molar-refractivity contribution is 9.10. The fraction of sp³-hybridized carbons (Fsp3) is 0.455. The van der Waals surface area contributed by atoms with Crippen LogP contribution in [-0.2, 0) is 6.42 Å². The van der Waals surface area contributed by atoms with Crippen LogP contribution in [0.15, 0.2) is 22.7 Å². The van der Waals surface area contributed by atoms with E-state index in [1.165, 1.54) is 17.7 Å². The third kappa shape index (κ3) is 1.19. The molecule has 3 rings (SSSR count). The Labute approximate surface area is 92.2 Å². The summed E-state index contributed by atoms with van der Waals surface area (Å²) in [6, 6.07) is 7.60. The van der Waals surface area contributed by atoms with Gasteiger partial charge in [-0.2, -0.15) is 0 Å². The number of rotatable bonds is 0. The van der Waals surface area contributed by atoms with Gasteiger partial charge in [0.05, 0.1) is 0 Å². The Balaban J connectivity index is 2.03. The summed E-state index contributed by atoms with van der Waals surface area (Å²) in [5, 5.41) is 0. The molecule has 2 N–H and O–H groups in total. The zero-order valence-corrected chi connectivity index (χ0v) is 9.50. The summed E-state index contributed by atoms with van der Waals surface area (Å²) >= 11 is 3.52. The fourth-order valence-electron chi connectivity index (χ4n) is 2.67. The summed E-state index contributed by atoms with van der Waals surface area (Å²) < 4.78 is 1.16. The Morgan fingerprint density at radius 3 is 3.14 bits per heavy atom. The van der Waals surface area contributed by atoms with Gasteiger partial charge in [-0.25, -0.2) is 0 Å². The van der Waals surface area contributed by atoms with E-state index in [1.807, 2.05) is 0 Å². The van der Waals surface area contributed by atoms with Crippen LogP contribution < -0.4 is 10.6 Å². The van der Waals surface area contributed by atoms with Crippen LogP contribution in [0.1, 0.15) is 12.0 Å². The van der Waals surface area contributed by atoms with Gasteiger partial charge in [0.25, 0.3) is 0 Å². The predicted octanol–water partition coefficient (Wildman–Crippen LogP) is 1.91. The third-order valence-corrected chi connectivity index (χ3v) is 3.75. The minimum atomic E-state index is 0.368. The summed E-state index contributed by atoms with van der Waals surface area (Å²) in [4.78, 5) is 2.46. The summed E-state index contributed by atoms with van der Waals surface area (Å²) in [5.74, 6) is 0. The highest BCUT2D eigenvalue weighted by atomic mass is 79.9. The molecular formula is C11H13BrN2. The lowest BCUT2D eigenvalue weighted by Gasteiger charge is -2.18. The van der Waals surface area contributed by atoms with Crippen molar-refractivity contribution in [2.24, 2.45) is 5.73 Å². The molecular weight excluding hydrogens is 240 g/mol. The lowest BCUT2D eigenvalue weighted by Crippen LogP contribution is -2.27. The van der Waals surface area contributed by atoms with Gasteiger partial charge in [-0.3, -0.25) is 0 Å². The van der Waals surface area contributed by atoms with Crippen molar-refractivity contribution in [3.05, 3.63) is 28.2 Å². The standard InChI is InChI=1S/C11H13BrN2/c12-8-2-1-7-3-10-5-9(13)6-14(10)11(7)4-8/h1-2,4,9-10H,3,5-6,13H2. The normalized spacial score (nSPS) is 29.1. The van der Waals surface area contributed by atoms with Crippen LogP contribution in [0.2, 0.25) is 0 Å². The van der Waals surface area contributed by atoms with Crippen molar-refractivity contribution >= 4 is 21.6 Å². The Morgan fingerprint density at radius 2 is 2.29 bits per heavy atom. The van der Waals surface area contributed by atoms with E-state index in [0.717, 1.165) is 17.4 Å². The van der Waals surface area contributed by atoms with Crippen molar-refractivity contribution in [3.8, 4) is 0 Å². The summed E-state index contributed by atoms with van der Waals surface area (Å²) in [5.41, 5.74) is 8.83. The molecule has 2 unspecified atom stereocenters. The van der Waals surface area contributed by atoms with Gasteiger partial charge >= 0.3 is 0 Å². The van der Waals surface area contributed by atoms with Crippen LogP contribution in [0.3, 0.4) is 0 Å². The maximum atomic E-state index is 5.97. The first-order valence-corrected chi connectivity index (χ1v) is 5.84. The average Bonchev–Trinajstić information content (AvgIpc) is 2.62. The minimum absolute atomic E-state index is 0.368. The number of halogens is 1. The maximum absolute atomic E-state index is 5.97. The molecule has 2 aliphatic heterocycles. The first-order valence-electron chi connectivity index (χ1n) is 5.04. The molecule has 0 amide bonds. The first kappa shape index (κ1) is 8.74. The van der Waals surface area contributed by atoms with Crippen LogP contribution in [0.5, 0.6) is 0 Å². The molecule has 0 radical (unpaired) electrons. The summed E-state index contributed by atoms with van der Waals surface area (Å²) in [7, 11) is 0. The molecule has 1 aromatic carbocycles. The van der Waals surface area contributed by atoms with Gasteiger partial charge < -0.3 is 10.6 Å². The molecule has 14 heavy (non-hydrogen) atoms. The van der Waals surface area contributed by atoms with Gasteiger partial charge in [0.15, 0.2) is 0 Å². The van der Waals surface area contributed by atoms with Gasteiger partial charge in [-0.1, -0.05) is 22.0 Å². The highest BCUT2D eigenvalue weighted by Crippen LogP contribution is 2.38. The van der Waals surface area contributed by atoms with Crippen LogP contribution in [-0.4, -0.2) is 18.6 Å². The van der Waals surface area contributed by atoms with Crippen LogP contribution >= 0.6 is 15.9 Å². The molecule has 3 heteroatoms. The number of hydrogen-bond acceptors (Lipinski definition) is 2. The largest absolute Gasteiger partial charge is 0.366 e. The van der Waals surface area contributed by atoms with Crippen molar-refractivity contribution in [3.63, 3.8) is 0 Å². The number of nitrogens with two attached hydrogens (primary N) is 1. The van der Waals surface area contributed by atoms with E-state index in [0.29, 0.717) is 12.1 Å². The second-order valence-electron chi connectivity index (χ2n) is 4.28. The molecule has 2 heterocycles. The Kier molecular flexibility index (Phi) is 1.86. The van der Waals surface area contributed by atoms with Crippen molar-refractivity contribution in [1.29, 1.82) is 0 Å². The number of nitrogens with zero attached hydrogens (tertiary/aromatic N) is 1. The molecule has 1 saturated heterocycles. The van der Waals surface area contributed by atoms with E-state index in [-0.39, 0.29) is 0 Å². The SMILES string of the molecule is NC1CC2Cc3ccc(Br)cc3N2C1.